The molecule has 1 aliphatic heterocycles. The lowest BCUT2D eigenvalue weighted by molar-refractivity contribution is 0.220. The minimum absolute atomic E-state index is 0.718. The average Bonchev–Trinajstić information content (AvgIpc) is 3.27. The second-order valence-electron chi connectivity index (χ2n) is 8.57. The number of hydrogen-bond acceptors (Lipinski definition) is 4. The van der Waals surface area contributed by atoms with Gasteiger partial charge in [-0.3, -0.25) is 15.0 Å². The van der Waals surface area contributed by atoms with Crippen molar-refractivity contribution in [1.29, 1.82) is 0 Å². The van der Waals surface area contributed by atoms with Crippen molar-refractivity contribution in [3.8, 4) is 11.1 Å². The van der Waals surface area contributed by atoms with Gasteiger partial charge in [0.15, 0.2) is 0 Å². The van der Waals surface area contributed by atoms with E-state index in [1.54, 1.807) is 0 Å². The third-order valence-corrected chi connectivity index (χ3v) is 6.18. The van der Waals surface area contributed by atoms with E-state index in [4.69, 9.17) is 0 Å². The molecule has 1 saturated heterocycles. The molecule has 1 aliphatic rings. The van der Waals surface area contributed by atoms with E-state index >= 15 is 0 Å². The predicted octanol–water partition coefficient (Wildman–Crippen LogP) is 5.37. The highest BCUT2D eigenvalue weighted by Crippen LogP contribution is 2.28. The van der Waals surface area contributed by atoms with Crippen LogP contribution < -0.4 is 5.32 Å². The SMILES string of the molecule is C=C(NCc1ccccc1)c1n[nH]c2ccc(-c3cncc(CN4CCCCC4)c3)cc12. The van der Waals surface area contributed by atoms with Crippen LogP contribution in [0.1, 0.15) is 36.1 Å². The van der Waals surface area contributed by atoms with E-state index in [9.17, 15) is 0 Å². The highest BCUT2D eigenvalue weighted by molar-refractivity contribution is 5.92. The number of rotatable bonds is 7. The van der Waals surface area contributed by atoms with Gasteiger partial charge in [0.05, 0.1) is 11.2 Å². The van der Waals surface area contributed by atoms with E-state index in [-0.39, 0.29) is 0 Å². The Kier molecular flexibility index (Phi) is 5.99. The molecule has 162 valence electrons. The zero-order valence-electron chi connectivity index (χ0n) is 18.3. The summed E-state index contributed by atoms with van der Waals surface area (Å²) in [7, 11) is 0. The van der Waals surface area contributed by atoms with Gasteiger partial charge in [-0.05, 0) is 60.8 Å². The van der Waals surface area contributed by atoms with Crippen LogP contribution in [0.25, 0.3) is 27.7 Å². The smallest absolute Gasteiger partial charge is 0.115 e. The topological polar surface area (TPSA) is 56.8 Å². The number of pyridine rings is 1. The fourth-order valence-electron chi connectivity index (χ4n) is 4.42. The quantitative estimate of drug-likeness (QED) is 0.419. The molecule has 2 aromatic heterocycles. The molecule has 0 spiro atoms. The molecule has 1 fully saturated rings. The van der Waals surface area contributed by atoms with Gasteiger partial charge in [0.1, 0.15) is 5.69 Å². The van der Waals surface area contributed by atoms with Gasteiger partial charge in [0, 0.05) is 36.4 Å². The van der Waals surface area contributed by atoms with Crippen molar-refractivity contribution < 1.29 is 0 Å². The molecule has 2 N–H and O–H groups in total. The van der Waals surface area contributed by atoms with Gasteiger partial charge in [-0.25, -0.2) is 0 Å². The van der Waals surface area contributed by atoms with E-state index in [1.165, 1.54) is 43.5 Å². The zero-order valence-corrected chi connectivity index (χ0v) is 18.3. The zero-order chi connectivity index (χ0) is 21.8. The van der Waals surface area contributed by atoms with Crippen LogP contribution in [0.4, 0.5) is 0 Å². The molecule has 5 nitrogen and oxygen atoms in total. The Bertz CT molecular complexity index is 1210. The largest absolute Gasteiger partial charge is 0.380 e. The van der Waals surface area contributed by atoms with E-state index in [0.717, 1.165) is 46.5 Å². The van der Waals surface area contributed by atoms with Gasteiger partial charge in [0.25, 0.3) is 0 Å². The minimum Gasteiger partial charge on any atom is -0.380 e. The second kappa shape index (κ2) is 9.37. The Morgan fingerprint density at radius 1 is 0.938 bits per heavy atom. The number of benzene rings is 2. The molecule has 0 amide bonds. The van der Waals surface area contributed by atoms with Crippen LogP contribution in [0.15, 0.2) is 73.6 Å². The molecule has 3 heterocycles. The van der Waals surface area contributed by atoms with Crippen LogP contribution in [-0.4, -0.2) is 33.2 Å². The Morgan fingerprint density at radius 3 is 2.62 bits per heavy atom. The van der Waals surface area contributed by atoms with E-state index in [1.807, 2.05) is 30.6 Å². The second-order valence-corrected chi connectivity index (χ2v) is 8.57. The number of aromatic nitrogens is 3. The molecule has 5 heteroatoms. The Morgan fingerprint density at radius 2 is 1.78 bits per heavy atom. The summed E-state index contributed by atoms with van der Waals surface area (Å²) >= 11 is 0. The first-order valence-electron chi connectivity index (χ1n) is 11.4. The number of likely N-dealkylation sites (tertiary alicyclic amines) is 1. The van der Waals surface area contributed by atoms with Crippen molar-refractivity contribution in [3.05, 3.63) is 90.4 Å². The van der Waals surface area contributed by atoms with Gasteiger partial charge in [-0.1, -0.05) is 49.4 Å². The van der Waals surface area contributed by atoms with E-state index in [2.05, 4.69) is 68.4 Å². The monoisotopic (exact) mass is 423 g/mol. The lowest BCUT2D eigenvalue weighted by Gasteiger charge is -2.26. The van der Waals surface area contributed by atoms with Crippen molar-refractivity contribution in [2.75, 3.05) is 13.1 Å². The summed E-state index contributed by atoms with van der Waals surface area (Å²) in [5, 5.41) is 12.1. The normalized spacial score (nSPS) is 14.5. The number of aromatic amines is 1. The fraction of sp³-hybridized carbons (Fsp3) is 0.259. The lowest BCUT2D eigenvalue weighted by Crippen LogP contribution is -2.29. The predicted molar refractivity (Wildman–Crippen MR) is 131 cm³/mol. The molecule has 0 bridgehead atoms. The molecule has 4 aromatic rings. The molecule has 0 saturated carbocycles. The highest BCUT2D eigenvalue weighted by Gasteiger charge is 2.13. The fourth-order valence-corrected chi connectivity index (χ4v) is 4.42. The van der Waals surface area contributed by atoms with Gasteiger partial charge in [-0.15, -0.1) is 0 Å². The summed E-state index contributed by atoms with van der Waals surface area (Å²) in [5.41, 5.74) is 7.44. The Hall–Kier alpha value is -3.44. The summed E-state index contributed by atoms with van der Waals surface area (Å²) in [6.07, 6.45) is 7.90. The third kappa shape index (κ3) is 4.58. The van der Waals surface area contributed by atoms with Crippen molar-refractivity contribution in [3.63, 3.8) is 0 Å². The van der Waals surface area contributed by atoms with Crippen LogP contribution >= 0.6 is 0 Å². The first-order valence-corrected chi connectivity index (χ1v) is 11.4. The van der Waals surface area contributed by atoms with E-state index in [0.29, 0.717) is 0 Å². The molecule has 0 atom stereocenters. The average molecular weight is 424 g/mol. The number of hydrogen-bond donors (Lipinski definition) is 2. The maximum atomic E-state index is 4.53. The van der Waals surface area contributed by atoms with Crippen LogP contribution in [0.3, 0.4) is 0 Å². The first-order chi connectivity index (χ1) is 15.8. The number of fused-ring (bicyclic) bond motifs is 1. The third-order valence-electron chi connectivity index (χ3n) is 6.18. The summed E-state index contributed by atoms with van der Waals surface area (Å²) in [5.74, 6) is 0. The van der Waals surface area contributed by atoms with Crippen molar-refractivity contribution >= 4 is 16.6 Å². The Balaban J connectivity index is 1.36. The van der Waals surface area contributed by atoms with Crippen molar-refractivity contribution in [2.45, 2.75) is 32.4 Å². The molecule has 5 rings (SSSR count). The highest BCUT2D eigenvalue weighted by atomic mass is 15.1. The summed E-state index contributed by atoms with van der Waals surface area (Å²) in [6.45, 7) is 8.30. The van der Waals surface area contributed by atoms with Crippen molar-refractivity contribution in [1.82, 2.24) is 25.4 Å². The molecule has 0 unspecified atom stereocenters. The maximum absolute atomic E-state index is 4.53. The number of piperidine rings is 1. The molecule has 0 aliphatic carbocycles. The molecule has 32 heavy (non-hydrogen) atoms. The molecule has 0 radical (unpaired) electrons. The molecular formula is C27H29N5. The van der Waals surface area contributed by atoms with Crippen LogP contribution in [0.2, 0.25) is 0 Å². The Labute approximate surface area is 189 Å². The van der Waals surface area contributed by atoms with Crippen LogP contribution in [0, 0.1) is 0 Å². The molecule has 2 aromatic carbocycles. The number of nitrogens with one attached hydrogen (secondary N) is 2. The first kappa shape index (κ1) is 20.5. The lowest BCUT2D eigenvalue weighted by atomic mass is 10.0. The standard InChI is InChI=1S/C27H29N5/c1-20(29-17-21-8-4-2-5-9-21)27-25-15-23(10-11-26(25)30-31-27)24-14-22(16-28-18-24)19-32-12-6-3-7-13-32/h2,4-5,8-11,14-16,18,29H,1,3,6-7,12-13,17,19H2,(H,30,31). The van der Waals surface area contributed by atoms with E-state index < -0.39 is 0 Å². The van der Waals surface area contributed by atoms with Gasteiger partial charge >= 0.3 is 0 Å². The summed E-state index contributed by atoms with van der Waals surface area (Å²) < 4.78 is 0. The van der Waals surface area contributed by atoms with Crippen LogP contribution in [0.5, 0.6) is 0 Å². The summed E-state index contributed by atoms with van der Waals surface area (Å²) in [6, 6.07) is 19.0. The van der Waals surface area contributed by atoms with Crippen molar-refractivity contribution in [2.24, 2.45) is 0 Å². The number of nitrogens with zero attached hydrogens (tertiary/aromatic N) is 3. The molecular weight excluding hydrogens is 394 g/mol. The minimum atomic E-state index is 0.718. The van der Waals surface area contributed by atoms with Gasteiger partial charge in [0.2, 0.25) is 0 Å². The van der Waals surface area contributed by atoms with Gasteiger partial charge in [-0.2, -0.15) is 5.10 Å². The van der Waals surface area contributed by atoms with Crippen LogP contribution in [-0.2, 0) is 13.1 Å². The van der Waals surface area contributed by atoms with Gasteiger partial charge < -0.3 is 5.32 Å². The summed E-state index contributed by atoms with van der Waals surface area (Å²) in [4.78, 5) is 7.07. The maximum Gasteiger partial charge on any atom is 0.115 e. The number of H-pyrrole nitrogens is 1.